The molecule has 0 radical (unpaired) electrons. The number of halogens is 1. The average Bonchev–Trinajstić information content (AvgIpc) is 3.06. The van der Waals surface area contributed by atoms with E-state index in [9.17, 15) is 13.5 Å². The molecule has 0 bridgehead atoms. The van der Waals surface area contributed by atoms with E-state index < -0.39 is 15.9 Å². The Balaban J connectivity index is 1.68. The van der Waals surface area contributed by atoms with Crippen LogP contribution < -0.4 is 4.74 Å². The van der Waals surface area contributed by atoms with Gasteiger partial charge in [-0.05, 0) is 35.1 Å². The predicted molar refractivity (Wildman–Crippen MR) is 126 cm³/mol. The van der Waals surface area contributed by atoms with Crippen LogP contribution in [0.4, 0.5) is 0 Å². The van der Waals surface area contributed by atoms with Crippen molar-refractivity contribution >= 4 is 21.4 Å². The summed E-state index contributed by atoms with van der Waals surface area (Å²) in [5, 5.41) is 11.1. The summed E-state index contributed by atoms with van der Waals surface area (Å²) in [7, 11) is -3.03. The van der Waals surface area contributed by atoms with Crippen LogP contribution in [0.5, 0.6) is 5.75 Å². The number of ether oxygens (including phenoxy) is 1. The molecule has 0 aromatic heterocycles. The summed E-state index contributed by atoms with van der Waals surface area (Å²) in [6, 6.07) is 15.4. The van der Waals surface area contributed by atoms with E-state index in [1.54, 1.807) is 12.1 Å². The summed E-state index contributed by atoms with van der Waals surface area (Å²) < 4.78 is 29.8. The second kappa shape index (κ2) is 9.90. The van der Waals surface area contributed by atoms with Gasteiger partial charge in [-0.2, -0.15) is 0 Å². The molecule has 170 valence electrons. The molecular formula is C24H32ClNO4S. The third-order valence-electron chi connectivity index (χ3n) is 5.64. The van der Waals surface area contributed by atoms with Gasteiger partial charge in [0.2, 0.25) is 0 Å². The predicted octanol–water partition coefficient (Wildman–Crippen LogP) is 4.07. The zero-order valence-corrected chi connectivity index (χ0v) is 20.0. The Bertz CT molecular complexity index is 970. The van der Waals surface area contributed by atoms with E-state index >= 15 is 0 Å². The second-order valence-corrected chi connectivity index (χ2v) is 12.0. The van der Waals surface area contributed by atoms with E-state index in [1.807, 2.05) is 12.1 Å². The van der Waals surface area contributed by atoms with Crippen LogP contribution in [0.2, 0.25) is 5.02 Å². The highest BCUT2D eigenvalue weighted by atomic mass is 35.5. The fourth-order valence-corrected chi connectivity index (χ4v) is 5.77. The highest BCUT2D eigenvalue weighted by Crippen LogP contribution is 2.25. The van der Waals surface area contributed by atoms with Crippen molar-refractivity contribution in [2.75, 3.05) is 24.7 Å². The molecular weight excluding hydrogens is 434 g/mol. The molecule has 5 nitrogen and oxygen atoms in total. The monoisotopic (exact) mass is 465 g/mol. The number of benzene rings is 2. The molecule has 0 spiro atoms. The minimum absolute atomic E-state index is 0.0734. The minimum Gasteiger partial charge on any atom is -0.489 e. The molecule has 2 aromatic rings. The maximum Gasteiger partial charge on any atom is 0.151 e. The Morgan fingerprint density at radius 3 is 2.42 bits per heavy atom. The summed E-state index contributed by atoms with van der Waals surface area (Å²) in [6.45, 7) is 7.51. The first-order chi connectivity index (χ1) is 14.5. The summed E-state index contributed by atoms with van der Waals surface area (Å²) in [5.41, 5.74) is 2.42. The van der Waals surface area contributed by atoms with Crippen LogP contribution in [0.15, 0.2) is 48.5 Å². The van der Waals surface area contributed by atoms with Gasteiger partial charge in [-0.1, -0.05) is 68.8 Å². The number of aliphatic hydroxyl groups is 1. The number of hydrogen-bond acceptors (Lipinski definition) is 5. The Morgan fingerprint density at radius 2 is 1.84 bits per heavy atom. The van der Waals surface area contributed by atoms with E-state index in [0.717, 1.165) is 5.56 Å². The van der Waals surface area contributed by atoms with Gasteiger partial charge in [-0.3, -0.25) is 4.90 Å². The number of sulfone groups is 1. The smallest absolute Gasteiger partial charge is 0.151 e. The summed E-state index contributed by atoms with van der Waals surface area (Å²) in [5.74, 6) is 0.852. The van der Waals surface area contributed by atoms with Gasteiger partial charge >= 0.3 is 0 Å². The molecule has 2 atom stereocenters. The third-order valence-corrected chi connectivity index (χ3v) is 7.71. The zero-order chi connectivity index (χ0) is 22.6. The normalized spacial score (nSPS) is 19.5. The lowest BCUT2D eigenvalue weighted by atomic mass is 9.86. The first-order valence-electron chi connectivity index (χ1n) is 10.6. The van der Waals surface area contributed by atoms with Gasteiger partial charge in [0.25, 0.3) is 0 Å². The van der Waals surface area contributed by atoms with Gasteiger partial charge in [-0.25, -0.2) is 8.42 Å². The lowest BCUT2D eigenvalue weighted by Gasteiger charge is -2.30. The van der Waals surface area contributed by atoms with Crippen LogP contribution in [0.1, 0.15) is 38.3 Å². The zero-order valence-electron chi connectivity index (χ0n) is 18.4. The molecule has 1 fully saturated rings. The molecule has 7 heteroatoms. The lowest BCUT2D eigenvalue weighted by Crippen LogP contribution is -2.42. The average molecular weight is 466 g/mol. The molecule has 1 saturated heterocycles. The van der Waals surface area contributed by atoms with Gasteiger partial charge in [-0.15, -0.1) is 0 Å². The number of nitrogens with zero attached hydrogens (tertiary/aromatic N) is 1. The number of aliphatic hydroxyl groups excluding tert-OH is 1. The quantitative estimate of drug-likeness (QED) is 0.636. The third kappa shape index (κ3) is 6.94. The Kier molecular flexibility index (Phi) is 7.68. The van der Waals surface area contributed by atoms with Gasteiger partial charge in [0, 0.05) is 19.1 Å². The Morgan fingerprint density at radius 1 is 1.16 bits per heavy atom. The van der Waals surface area contributed by atoms with Crippen LogP contribution in [0, 0.1) is 0 Å². The topological polar surface area (TPSA) is 66.8 Å². The SMILES string of the molecule is CC(C)(C)c1ccc(CN(CC(O)COc2ccccc2Cl)C2CCS(=O)(=O)C2)cc1. The molecule has 0 amide bonds. The van der Waals surface area contributed by atoms with Crippen molar-refractivity contribution in [1.29, 1.82) is 0 Å². The number of hydrogen-bond donors (Lipinski definition) is 1. The molecule has 31 heavy (non-hydrogen) atoms. The molecule has 1 heterocycles. The summed E-state index contributed by atoms with van der Waals surface area (Å²) >= 11 is 6.12. The Labute approximate surface area is 190 Å². The van der Waals surface area contributed by atoms with Crippen molar-refractivity contribution in [3.8, 4) is 5.75 Å². The first-order valence-corrected chi connectivity index (χ1v) is 12.8. The highest BCUT2D eigenvalue weighted by molar-refractivity contribution is 7.91. The van der Waals surface area contributed by atoms with E-state index in [0.29, 0.717) is 30.3 Å². The number of rotatable bonds is 8. The molecule has 0 saturated carbocycles. The molecule has 0 aliphatic carbocycles. The van der Waals surface area contributed by atoms with E-state index in [4.69, 9.17) is 16.3 Å². The van der Waals surface area contributed by atoms with Crippen molar-refractivity contribution in [3.63, 3.8) is 0 Å². The van der Waals surface area contributed by atoms with E-state index in [-0.39, 0.29) is 29.6 Å². The largest absolute Gasteiger partial charge is 0.489 e. The Hall–Kier alpha value is -1.60. The van der Waals surface area contributed by atoms with E-state index in [2.05, 4.69) is 49.9 Å². The van der Waals surface area contributed by atoms with Crippen molar-refractivity contribution < 1.29 is 18.3 Å². The fourth-order valence-electron chi connectivity index (χ4n) is 3.82. The molecule has 2 aromatic carbocycles. The maximum atomic E-state index is 12.1. The minimum atomic E-state index is -3.03. The number of para-hydroxylation sites is 1. The summed E-state index contributed by atoms with van der Waals surface area (Å²) in [6.07, 6.45) is -0.186. The second-order valence-electron chi connectivity index (χ2n) is 9.33. The standard InChI is InChI=1S/C24H32ClNO4S/c1-24(2,3)19-10-8-18(9-11-19)14-26(20-12-13-31(28,29)17-20)15-21(27)16-30-23-7-5-4-6-22(23)25/h4-11,20-21,27H,12-17H2,1-3H3. The van der Waals surface area contributed by atoms with Crippen molar-refractivity contribution in [2.24, 2.45) is 0 Å². The maximum absolute atomic E-state index is 12.1. The van der Waals surface area contributed by atoms with Crippen molar-refractivity contribution in [1.82, 2.24) is 4.90 Å². The van der Waals surface area contributed by atoms with E-state index in [1.165, 1.54) is 5.56 Å². The van der Waals surface area contributed by atoms with Crippen LogP contribution in [-0.4, -0.2) is 55.2 Å². The molecule has 1 aliphatic rings. The van der Waals surface area contributed by atoms with Crippen LogP contribution in [0.3, 0.4) is 0 Å². The van der Waals surface area contributed by atoms with Gasteiger partial charge in [0.05, 0.1) is 16.5 Å². The van der Waals surface area contributed by atoms with Gasteiger partial charge < -0.3 is 9.84 Å². The highest BCUT2D eigenvalue weighted by Gasteiger charge is 2.33. The molecule has 3 rings (SSSR count). The van der Waals surface area contributed by atoms with Crippen LogP contribution in [-0.2, 0) is 21.8 Å². The van der Waals surface area contributed by atoms with Crippen LogP contribution >= 0.6 is 11.6 Å². The van der Waals surface area contributed by atoms with Crippen LogP contribution in [0.25, 0.3) is 0 Å². The molecule has 1 N–H and O–H groups in total. The first kappa shape index (κ1) is 24.1. The van der Waals surface area contributed by atoms with Crippen molar-refractivity contribution in [2.45, 2.75) is 51.3 Å². The molecule has 1 aliphatic heterocycles. The van der Waals surface area contributed by atoms with Crippen molar-refractivity contribution in [3.05, 3.63) is 64.7 Å². The van der Waals surface area contributed by atoms with Gasteiger partial charge in [0.1, 0.15) is 18.5 Å². The summed E-state index contributed by atoms with van der Waals surface area (Å²) in [4.78, 5) is 2.07. The molecule has 2 unspecified atom stereocenters. The van der Waals surface area contributed by atoms with Gasteiger partial charge in [0.15, 0.2) is 9.84 Å². The fraction of sp³-hybridized carbons (Fsp3) is 0.500. The lowest BCUT2D eigenvalue weighted by molar-refractivity contribution is 0.0525.